The van der Waals surface area contributed by atoms with Crippen LogP contribution in [0.25, 0.3) is 0 Å². The number of ketones is 1. The molecule has 0 N–H and O–H groups in total. The van der Waals surface area contributed by atoms with Crippen LogP contribution in [0.3, 0.4) is 0 Å². The maximum Gasteiger partial charge on any atom is 0.145 e. The van der Waals surface area contributed by atoms with E-state index in [1.165, 1.54) is 0 Å². The number of hydrogen-bond acceptors (Lipinski definition) is 2. The van der Waals surface area contributed by atoms with Gasteiger partial charge in [0.15, 0.2) is 0 Å². The van der Waals surface area contributed by atoms with Crippen LogP contribution in [0.1, 0.15) is 24.5 Å². The van der Waals surface area contributed by atoms with E-state index in [1.807, 2.05) is 31.2 Å². The molecule has 1 atom stereocenters. The lowest BCUT2D eigenvalue weighted by molar-refractivity contribution is -0.116. The van der Waals surface area contributed by atoms with Gasteiger partial charge in [0.25, 0.3) is 0 Å². The Morgan fingerprint density at radius 3 is 2.73 bits per heavy atom. The van der Waals surface area contributed by atoms with Gasteiger partial charge < -0.3 is 0 Å². The molecule has 15 heavy (non-hydrogen) atoms. The maximum atomic E-state index is 11.6. The third-order valence-corrected chi connectivity index (χ3v) is 3.43. The van der Waals surface area contributed by atoms with Crippen molar-refractivity contribution >= 4 is 16.6 Å². The predicted molar refractivity (Wildman–Crippen MR) is 63.2 cm³/mol. The molecule has 3 heteroatoms. The first-order chi connectivity index (χ1) is 7.11. The minimum Gasteiger partial charge on any atom is -0.299 e. The zero-order valence-electron chi connectivity index (χ0n) is 9.16. The second kappa shape index (κ2) is 5.81. The molecule has 2 nitrogen and oxygen atoms in total. The molecule has 0 aliphatic rings. The Kier molecular flexibility index (Phi) is 4.69. The monoisotopic (exact) mass is 224 g/mol. The van der Waals surface area contributed by atoms with Crippen molar-refractivity contribution in [3.8, 4) is 0 Å². The van der Waals surface area contributed by atoms with E-state index in [1.54, 1.807) is 6.92 Å². The highest BCUT2D eigenvalue weighted by Crippen LogP contribution is 2.07. The molecule has 0 heterocycles. The highest BCUT2D eigenvalue weighted by molar-refractivity contribution is 7.84. The molecule has 1 unspecified atom stereocenters. The van der Waals surface area contributed by atoms with E-state index < -0.39 is 10.8 Å². The Labute approximate surface area is 93.2 Å². The van der Waals surface area contributed by atoms with Gasteiger partial charge in [0.2, 0.25) is 0 Å². The number of carbonyl (C=O) groups is 1. The van der Waals surface area contributed by atoms with E-state index in [2.05, 4.69) is 0 Å². The fourth-order valence-corrected chi connectivity index (χ4v) is 2.54. The quantitative estimate of drug-likeness (QED) is 0.768. The lowest BCUT2D eigenvalue weighted by atomic mass is 10.2. The SMILES string of the molecule is CCC(=O)CS(=O)Cc1cccc(C)c1. The molecular formula is C12H16O2S. The van der Waals surface area contributed by atoms with Gasteiger partial charge in [-0.25, -0.2) is 0 Å². The van der Waals surface area contributed by atoms with Crippen molar-refractivity contribution in [2.75, 3.05) is 5.75 Å². The van der Waals surface area contributed by atoms with Gasteiger partial charge in [0.1, 0.15) is 5.78 Å². The highest BCUT2D eigenvalue weighted by atomic mass is 32.2. The van der Waals surface area contributed by atoms with Gasteiger partial charge in [-0.05, 0) is 12.5 Å². The van der Waals surface area contributed by atoms with E-state index in [0.717, 1.165) is 11.1 Å². The minimum absolute atomic E-state index is 0.0704. The summed E-state index contributed by atoms with van der Waals surface area (Å²) in [5.41, 5.74) is 2.20. The molecule has 82 valence electrons. The normalized spacial score (nSPS) is 12.4. The van der Waals surface area contributed by atoms with Crippen LogP contribution in [0.15, 0.2) is 24.3 Å². The first-order valence-corrected chi connectivity index (χ1v) is 6.53. The van der Waals surface area contributed by atoms with Crippen molar-refractivity contribution in [1.82, 2.24) is 0 Å². The van der Waals surface area contributed by atoms with Crippen molar-refractivity contribution in [1.29, 1.82) is 0 Å². The summed E-state index contributed by atoms with van der Waals surface area (Å²) in [5.74, 6) is 0.735. The topological polar surface area (TPSA) is 34.1 Å². The molecule has 0 amide bonds. The molecule has 0 fully saturated rings. The smallest absolute Gasteiger partial charge is 0.145 e. The summed E-state index contributed by atoms with van der Waals surface area (Å²) in [5, 5.41) is 0. The first-order valence-electron chi connectivity index (χ1n) is 5.04. The summed E-state index contributed by atoms with van der Waals surface area (Å²) in [4.78, 5) is 11.1. The van der Waals surface area contributed by atoms with Crippen molar-refractivity contribution in [2.24, 2.45) is 0 Å². The molecule has 0 saturated carbocycles. The molecule has 0 spiro atoms. The fourth-order valence-electron chi connectivity index (χ4n) is 1.32. The van der Waals surface area contributed by atoms with Crippen molar-refractivity contribution in [3.63, 3.8) is 0 Å². The number of rotatable bonds is 5. The van der Waals surface area contributed by atoms with Crippen LogP contribution in [0.2, 0.25) is 0 Å². The first kappa shape index (κ1) is 12.1. The lowest BCUT2D eigenvalue weighted by Crippen LogP contribution is -2.10. The van der Waals surface area contributed by atoms with Gasteiger partial charge in [-0.2, -0.15) is 0 Å². The van der Waals surface area contributed by atoms with Gasteiger partial charge >= 0.3 is 0 Å². The lowest BCUT2D eigenvalue weighted by Gasteiger charge is -2.02. The molecule has 0 saturated heterocycles. The van der Waals surface area contributed by atoms with Crippen LogP contribution >= 0.6 is 0 Å². The standard InChI is InChI=1S/C12H16O2S/c1-3-12(13)9-15(14)8-11-6-4-5-10(2)7-11/h4-7H,3,8-9H2,1-2H3. The molecule has 0 aliphatic heterocycles. The molecule has 0 bridgehead atoms. The fraction of sp³-hybridized carbons (Fsp3) is 0.417. The molecule has 1 rings (SSSR count). The number of aryl methyl sites for hydroxylation is 1. The van der Waals surface area contributed by atoms with E-state index in [4.69, 9.17) is 0 Å². The van der Waals surface area contributed by atoms with Gasteiger partial charge in [0.05, 0.1) is 5.75 Å². The second-order valence-electron chi connectivity index (χ2n) is 3.61. The minimum atomic E-state index is -1.06. The van der Waals surface area contributed by atoms with Gasteiger partial charge in [-0.3, -0.25) is 9.00 Å². The van der Waals surface area contributed by atoms with Crippen molar-refractivity contribution < 1.29 is 9.00 Å². The number of Topliss-reactive ketones (excluding diaryl/α,β-unsaturated/α-hetero) is 1. The largest absolute Gasteiger partial charge is 0.299 e. The average Bonchev–Trinajstić information content (AvgIpc) is 2.17. The third-order valence-electron chi connectivity index (χ3n) is 2.13. The molecule has 1 aromatic carbocycles. The Hall–Kier alpha value is -0.960. The zero-order chi connectivity index (χ0) is 11.3. The van der Waals surface area contributed by atoms with Crippen LogP contribution in [0, 0.1) is 6.92 Å². The average molecular weight is 224 g/mol. The van der Waals surface area contributed by atoms with Crippen molar-refractivity contribution in [2.45, 2.75) is 26.0 Å². The summed E-state index contributed by atoms with van der Waals surface area (Å²) in [6.45, 7) is 3.80. The zero-order valence-corrected chi connectivity index (χ0v) is 9.97. The van der Waals surface area contributed by atoms with Crippen molar-refractivity contribution in [3.05, 3.63) is 35.4 Å². The molecule has 0 aliphatic carbocycles. The summed E-state index contributed by atoms with van der Waals surface area (Å²) in [7, 11) is -1.06. The number of carbonyl (C=O) groups excluding carboxylic acids is 1. The summed E-state index contributed by atoms with van der Waals surface area (Å²) in [6.07, 6.45) is 0.472. The molecule has 0 radical (unpaired) electrons. The van der Waals surface area contributed by atoms with Crippen LogP contribution in [0.5, 0.6) is 0 Å². The Bertz CT molecular complexity index is 372. The third kappa shape index (κ3) is 4.38. The van der Waals surface area contributed by atoms with E-state index in [0.29, 0.717) is 12.2 Å². The predicted octanol–water partition coefficient (Wildman–Crippen LogP) is 2.22. The molecular weight excluding hydrogens is 208 g/mol. The second-order valence-corrected chi connectivity index (χ2v) is 5.07. The molecule has 0 aromatic heterocycles. The molecule has 1 aromatic rings. The number of benzene rings is 1. The summed E-state index contributed by atoms with van der Waals surface area (Å²) >= 11 is 0. The highest BCUT2D eigenvalue weighted by Gasteiger charge is 2.06. The van der Waals surface area contributed by atoms with Gasteiger partial charge in [-0.15, -0.1) is 0 Å². The summed E-state index contributed by atoms with van der Waals surface area (Å²) in [6, 6.07) is 7.91. The van der Waals surface area contributed by atoms with Crippen LogP contribution < -0.4 is 0 Å². The van der Waals surface area contributed by atoms with E-state index >= 15 is 0 Å². The van der Waals surface area contributed by atoms with Crippen LogP contribution in [-0.4, -0.2) is 15.7 Å². The van der Waals surface area contributed by atoms with E-state index in [9.17, 15) is 9.00 Å². The van der Waals surface area contributed by atoms with Gasteiger partial charge in [-0.1, -0.05) is 36.8 Å². The number of hydrogen-bond donors (Lipinski definition) is 0. The Balaban J connectivity index is 2.55. The van der Waals surface area contributed by atoms with Gasteiger partial charge in [0, 0.05) is 23.0 Å². The summed E-state index contributed by atoms with van der Waals surface area (Å²) < 4.78 is 11.6. The Morgan fingerprint density at radius 1 is 1.40 bits per heavy atom. The maximum absolute atomic E-state index is 11.6. The van der Waals surface area contributed by atoms with Crippen LogP contribution in [0.4, 0.5) is 0 Å². The Morgan fingerprint density at radius 2 is 2.13 bits per heavy atom. The van der Waals surface area contributed by atoms with E-state index in [-0.39, 0.29) is 11.5 Å². The van der Waals surface area contributed by atoms with Crippen LogP contribution in [-0.2, 0) is 21.3 Å².